The van der Waals surface area contributed by atoms with Crippen LogP contribution >= 0.6 is 11.5 Å². The molecule has 1 saturated heterocycles. The van der Waals surface area contributed by atoms with Gasteiger partial charge in [-0.25, -0.2) is 0 Å². The van der Waals surface area contributed by atoms with Gasteiger partial charge >= 0.3 is 0 Å². The van der Waals surface area contributed by atoms with Crippen LogP contribution in [0, 0.1) is 11.3 Å². The van der Waals surface area contributed by atoms with Gasteiger partial charge in [0.25, 0.3) is 0 Å². The average molecular weight is 251 g/mol. The van der Waals surface area contributed by atoms with E-state index in [1.165, 1.54) is 11.5 Å². The molecule has 2 rings (SSSR count). The monoisotopic (exact) mass is 251 g/mol. The summed E-state index contributed by atoms with van der Waals surface area (Å²) < 4.78 is 3.99. The lowest BCUT2D eigenvalue weighted by molar-refractivity contribution is -0.129. The molecule has 0 radical (unpaired) electrons. The Morgan fingerprint density at radius 1 is 1.47 bits per heavy atom. The Kier molecular flexibility index (Phi) is 3.15. The number of carbonyl (C=O) groups excluding carboxylic acids is 1. The third-order valence-corrected chi connectivity index (χ3v) is 3.75. The SMILES string of the molecule is CC(=O)N1CCN(c2snc(N)c2C#N)CC1. The number of carbonyl (C=O) groups is 1. The fourth-order valence-electron chi connectivity index (χ4n) is 1.84. The zero-order valence-electron chi connectivity index (χ0n) is 9.51. The lowest BCUT2D eigenvalue weighted by atomic mass is 10.2. The first-order valence-electron chi connectivity index (χ1n) is 5.29. The predicted octanol–water partition coefficient (Wildman–Crippen LogP) is 0.265. The first-order valence-corrected chi connectivity index (χ1v) is 6.06. The van der Waals surface area contributed by atoms with E-state index in [0.717, 1.165) is 18.1 Å². The Hall–Kier alpha value is -1.81. The topological polar surface area (TPSA) is 86.2 Å². The number of nitriles is 1. The molecule has 0 bridgehead atoms. The van der Waals surface area contributed by atoms with Gasteiger partial charge in [-0.15, -0.1) is 0 Å². The van der Waals surface area contributed by atoms with Crippen LogP contribution in [0.5, 0.6) is 0 Å². The van der Waals surface area contributed by atoms with Crippen molar-refractivity contribution in [2.75, 3.05) is 36.8 Å². The molecule has 90 valence electrons. The number of amides is 1. The average Bonchev–Trinajstić information content (AvgIpc) is 2.70. The molecular weight excluding hydrogens is 238 g/mol. The predicted molar refractivity (Wildman–Crippen MR) is 65.7 cm³/mol. The molecule has 1 fully saturated rings. The number of anilines is 2. The number of piperazine rings is 1. The minimum Gasteiger partial charge on any atom is -0.382 e. The number of hydrogen-bond acceptors (Lipinski definition) is 6. The second-order valence-electron chi connectivity index (χ2n) is 3.85. The van der Waals surface area contributed by atoms with Gasteiger partial charge in [-0.1, -0.05) is 0 Å². The molecule has 0 unspecified atom stereocenters. The lowest BCUT2D eigenvalue weighted by Gasteiger charge is -2.34. The van der Waals surface area contributed by atoms with Crippen molar-refractivity contribution in [1.82, 2.24) is 9.27 Å². The fraction of sp³-hybridized carbons (Fsp3) is 0.500. The van der Waals surface area contributed by atoms with Crippen LogP contribution in [0.25, 0.3) is 0 Å². The van der Waals surface area contributed by atoms with Crippen LogP contribution < -0.4 is 10.6 Å². The zero-order valence-corrected chi connectivity index (χ0v) is 10.3. The number of rotatable bonds is 1. The Balaban J connectivity index is 2.11. The van der Waals surface area contributed by atoms with Gasteiger partial charge in [0.1, 0.15) is 16.6 Å². The van der Waals surface area contributed by atoms with Crippen molar-refractivity contribution in [3.8, 4) is 6.07 Å². The molecule has 6 nitrogen and oxygen atoms in total. The van der Waals surface area contributed by atoms with E-state index in [0.29, 0.717) is 24.5 Å². The van der Waals surface area contributed by atoms with Gasteiger partial charge in [0.2, 0.25) is 5.91 Å². The molecule has 0 aliphatic carbocycles. The molecule has 1 aliphatic heterocycles. The highest BCUT2D eigenvalue weighted by Crippen LogP contribution is 2.30. The van der Waals surface area contributed by atoms with E-state index in [9.17, 15) is 4.79 Å². The highest BCUT2D eigenvalue weighted by molar-refractivity contribution is 7.10. The van der Waals surface area contributed by atoms with E-state index in [1.807, 2.05) is 0 Å². The minimum absolute atomic E-state index is 0.0916. The number of nitrogens with zero attached hydrogens (tertiary/aromatic N) is 4. The summed E-state index contributed by atoms with van der Waals surface area (Å²) in [7, 11) is 0. The molecule has 1 amide bonds. The molecule has 1 aliphatic rings. The highest BCUT2D eigenvalue weighted by atomic mass is 32.1. The Morgan fingerprint density at radius 3 is 2.65 bits per heavy atom. The smallest absolute Gasteiger partial charge is 0.219 e. The van der Waals surface area contributed by atoms with Crippen LogP contribution in [0.15, 0.2) is 0 Å². The Labute approximate surface area is 103 Å². The standard InChI is InChI=1S/C10H13N5OS/c1-7(16)14-2-4-15(5-3-14)10-8(6-11)9(12)13-17-10/h2-5H2,1H3,(H2,12,13). The van der Waals surface area contributed by atoms with E-state index in [2.05, 4.69) is 15.3 Å². The zero-order chi connectivity index (χ0) is 12.4. The third-order valence-electron chi connectivity index (χ3n) is 2.82. The molecule has 17 heavy (non-hydrogen) atoms. The van der Waals surface area contributed by atoms with Crippen molar-refractivity contribution in [3.05, 3.63) is 5.56 Å². The summed E-state index contributed by atoms with van der Waals surface area (Å²) in [4.78, 5) is 15.1. The normalized spacial score (nSPS) is 15.8. The second-order valence-corrected chi connectivity index (χ2v) is 4.60. The number of nitrogen functional groups attached to an aromatic ring is 1. The van der Waals surface area contributed by atoms with Crippen molar-refractivity contribution in [1.29, 1.82) is 5.26 Å². The van der Waals surface area contributed by atoms with Gasteiger partial charge in [-0.3, -0.25) is 4.79 Å². The molecule has 1 aromatic rings. The summed E-state index contributed by atoms with van der Waals surface area (Å²) in [6.07, 6.45) is 0. The molecule has 0 saturated carbocycles. The maximum absolute atomic E-state index is 11.2. The first-order chi connectivity index (χ1) is 8.13. The molecular formula is C10H13N5OS. The van der Waals surface area contributed by atoms with Crippen LogP contribution in [-0.4, -0.2) is 41.4 Å². The van der Waals surface area contributed by atoms with Crippen molar-refractivity contribution >= 4 is 28.3 Å². The van der Waals surface area contributed by atoms with Gasteiger partial charge in [0.05, 0.1) is 0 Å². The third kappa shape index (κ3) is 2.17. The Bertz CT molecular complexity index is 470. The first kappa shape index (κ1) is 11.7. The van der Waals surface area contributed by atoms with Crippen LogP contribution in [0.1, 0.15) is 12.5 Å². The van der Waals surface area contributed by atoms with Gasteiger partial charge < -0.3 is 15.5 Å². The fourth-order valence-corrected chi connectivity index (χ4v) is 2.65. The number of hydrogen-bond donors (Lipinski definition) is 1. The second kappa shape index (κ2) is 4.59. The van der Waals surface area contributed by atoms with Crippen LogP contribution in [0.4, 0.5) is 10.8 Å². The van der Waals surface area contributed by atoms with Crippen LogP contribution in [0.2, 0.25) is 0 Å². The number of nitrogens with two attached hydrogens (primary N) is 1. The van der Waals surface area contributed by atoms with Crippen LogP contribution in [-0.2, 0) is 4.79 Å². The van der Waals surface area contributed by atoms with E-state index in [-0.39, 0.29) is 5.91 Å². The summed E-state index contributed by atoms with van der Waals surface area (Å²) >= 11 is 1.24. The Morgan fingerprint density at radius 2 is 2.12 bits per heavy atom. The van der Waals surface area contributed by atoms with Crippen molar-refractivity contribution in [3.63, 3.8) is 0 Å². The summed E-state index contributed by atoms with van der Waals surface area (Å²) in [6.45, 7) is 4.36. The number of aromatic nitrogens is 1. The summed E-state index contributed by atoms with van der Waals surface area (Å²) in [5, 5.41) is 9.82. The molecule has 0 aromatic carbocycles. The molecule has 7 heteroatoms. The minimum atomic E-state index is 0.0916. The quantitative estimate of drug-likeness (QED) is 0.774. The molecule has 2 heterocycles. The van der Waals surface area contributed by atoms with Gasteiger partial charge in [0.15, 0.2) is 5.82 Å². The van der Waals surface area contributed by atoms with E-state index in [1.54, 1.807) is 11.8 Å². The van der Waals surface area contributed by atoms with E-state index >= 15 is 0 Å². The summed E-state index contributed by atoms with van der Waals surface area (Å²) in [6, 6.07) is 2.08. The van der Waals surface area contributed by atoms with Crippen molar-refractivity contribution in [2.45, 2.75) is 6.92 Å². The molecule has 2 N–H and O–H groups in total. The van der Waals surface area contributed by atoms with E-state index in [4.69, 9.17) is 11.0 Å². The molecule has 0 atom stereocenters. The van der Waals surface area contributed by atoms with Crippen LogP contribution in [0.3, 0.4) is 0 Å². The van der Waals surface area contributed by atoms with Gasteiger partial charge in [-0.2, -0.15) is 9.64 Å². The highest BCUT2D eigenvalue weighted by Gasteiger charge is 2.23. The maximum atomic E-state index is 11.2. The maximum Gasteiger partial charge on any atom is 0.219 e. The summed E-state index contributed by atoms with van der Waals surface area (Å²) in [5.41, 5.74) is 6.07. The van der Waals surface area contributed by atoms with Gasteiger partial charge in [-0.05, 0) is 11.5 Å². The molecule has 0 spiro atoms. The van der Waals surface area contributed by atoms with Gasteiger partial charge in [0, 0.05) is 33.1 Å². The van der Waals surface area contributed by atoms with Crippen molar-refractivity contribution < 1.29 is 4.79 Å². The summed E-state index contributed by atoms with van der Waals surface area (Å²) in [5.74, 6) is 0.385. The lowest BCUT2D eigenvalue weighted by Crippen LogP contribution is -2.48. The largest absolute Gasteiger partial charge is 0.382 e. The van der Waals surface area contributed by atoms with E-state index < -0.39 is 0 Å². The van der Waals surface area contributed by atoms with Crippen molar-refractivity contribution in [2.24, 2.45) is 0 Å². The molecule has 1 aromatic heterocycles.